The molecule has 0 saturated heterocycles. The number of alkyl halides is 3. The topological polar surface area (TPSA) is 35.8 Å². The highest BCUT2D eigenvalue weighted by Crippen LogP contribution is 2.33. The number of anilines is 1. The van der Waals surface area contributed by atoms with E-state index in [9.17, 15) is 13.2 Å². The summed E-state index contributed by atoms with van der Waals surface area (Å²) in [5, 5.41) is 10.9. The molecule has 0 aliphatic heterocycles. The summed E-state index contributed by atoms with van der Waals surface area (Å²) in [5.41, 5.74) is -1.60. The van der Waals surface area contributed by atoms with Gasteiger partial charge in [-0.3, -0.25) is 0 Å². The molecule has 16 heavy (non-hydrogen) atoms. The first-order valence-electron chi connectivity index (χ1n) is 4.62. The van der Waals surface area contributed by atoms with Gasteiger partial charge in [-0.2, -0.15) is 18.4 Å². The van der Waals surface area contributed by atoms with E-state index in [-0.39, 0.29) is 0 Å². The van der Waals surface area contributed by atoms with E-state index in [2.05, 4.69) is 5.32 Å². The molecule has 2 nitrogen and oxygen atoms in total. The minimum Gasteiger partial charge on any atom is -0.360 e. The van der Waals surface area contributed by atoms with Crippen molar-refractivity contribution in [2.75, 3.05) is 5.32 Å². The molecule has 0 heterocycles. The van der Waals surface area contributed by atoms with E-state index in [0.29, 0.717) is 11.3 Å². The predicted molar refractivity (Wildman–Crippen MR) is 54.9 cm³/mol. The molecule has 86 valence electrons. The molecule has 0 fully saturated rings. The lowest BCUT2D eigenvalue weighted by molar-refractivity contribution is -0.158. The Hall–Kier alpha value is -1.70. The Bertz CT molecular complexity index is 420. The van der Waals surface area contributed by atoms with Gasteiger partial charge < -0.3 is 5.32 Å². The normalized spacial score (nSPS) is 15.0. The van der Waals surface area contributed by atoms with Crippen LogP contribution in [0.5, 0.6) is 0 Å². The van der Waals surface area contributed by atoms with Crippen molar-refractivity contribution in [3.8, 4) is 6.07 Å². The number of nitrogens with one attached hydrogen (secondary N) is 1. The zero-order chi connectivity index (χ0) is 12.4. The Balaban J connectivity index is 3.05. The van der Waals surface area contributed by atoms with E-state index >= 15 is 0 Å². The zero-order valence-electron chi connectivity index (χ0n) is 8.89. The number of nitriles is 1. The molecule has 0 bridgehead atoms. The summed E-state index contributed by atoms with van der Waals surface area (Å²) in [5.74, 6) is 0. The van der Waals surface area contributed by atoms with E-state index in [4.69, 9.17) is 5.26 Å². The molecule has 0 aromatic heterocycles. The number of nitrogens with zero attached hydrogens (tertiary/aromatic N) is 1. The molecule has 1 rings (SSSR count). The number of halogens is 3. The van der Waals surface area contributed by atoms with Crippen molar-refractivity contribution in [2.24, 2.45) is 0 Å². The third kappa shape index (κ3) is 2.27. The first-order valence-corrected chi connectivity index (χ1v) is 4.62. The zero-order valence-corrected chi connectivity index (χ0v) is 8.89. The van der Waals surface area contributed by atoms with Crippen molar-refractivity contribution in [3.63, 3.8) is 0 Å². The molecule has 1 atom stereocenters. The minimum atomic E-state index is -4.62. The fraction of sp³-hybridized carbons (Fsp3) is 0.364. The molecule has 0 spiro atoms. The van der Waals surface area contributed by atoms with Crippen LogP contribution in [0.4, 0.5) is 18.9 Å². The van der Waals surface area contributed by atoms with Gasteiger partial charge in [-0.15, -0.1) is 0 Å². The SMILES string of the molecule is Cc1ccccc1NC(C)(C#N)C(F)(F)F. The van der Waals surface area contributed by atoms with Gasteiger partial charge >= 0.3 is 6.18 Å². The molecular weight excluding hydrogens is 217 g/mol. The molecule has 1 N–H and O–H groups in total. The van der Waals surface area contributed by atoms with Crippen LogP contribution in [0.25, 0.3) is 0 Å². The second kappa shape index (κ2) is 4.05. The number of aryl methyl sites for hydroxylation is 1. The maximum atomic E-state index is 12.6. The van der Waals surface area contributed by atoms with Crippen LogP contribution in [0.1, 0.15) is 12.5 Å². The van der Waals surface area contributed by atoms with E-state index < -0.39 is 11.7 Å². The maximum Gasteiger partial charge on any atom is 0.424 e. The van der Waals surface area contributed by atoms with Crippen molar-refractivity contribution in [2.45, 2.75) is 25.6 Å². The number of hydrogen-bond acceptors (Lipinski definition) is 2. The molecule has 5 heteroatoms. The van der Waals surface area contributed by atoms with Crippen LogP contribution in [0.2, 0.25) is 0 Å². The molecule has 0 aliphatic rings. The van der Waals surface area contributed by atoms with Crippen LogP contribution >= 0.6 is 0 Å². The van der Waals surface area contributed by atoms with Crippen LogP contribution < -0.4 is 5.32 Å². The van der Waals surface area contributed by atoms with Crippen molar-refractivity contribution in [1.82, 2.24) is 0 Å². The van der Waals surface area contributed by atoms with Gasteiger partial charge in [0.15, 0.2) is 0 Å². The molecule has 1 unspecified atom stereocenters. The summed E-state index contributed by atoms with van der Waals surface area (Å²) >= 11 is 0. The Labute approximate surface area is 91.7 Å². The van der Waals surface area contributed by atoms with E-state index in [1.165, 1.54) is 12.1 Å². The van der Waals surface area contributed by atoms with Gasteiger partial charge in [0, 0.05) is 5.69 Å². The number of benzene rings is 1. The first kappa shape index (κ1) is 12.4. The number of para-hydroxylation sites is 1. The lowest BCUT2D eigenvalue weighted by Gasteiger charge is -2.27. The largest absolute Gasteiger partial charge is 0.424 e. The molecule has 0 saturated carbocycles. The van der Waals surface area contributed by atoms with Gasteiger partial charge in [-0.05, 0) is 25.5 Å². The summed E-state index contributed by atoms with van der Waals surface area (Å²) < 4.78 is 37.9. The van der Waals surface area contributed by atoms with Crippen LogP contribution in [0, 0.1) is 18.3 Å². The second-order valence-electron chi connectivity index (χ2n) is 3.67. The summed E-state index contributed by atoms with van der Waals surface area (Å²) in [6, 6.07) is 7.78. The van der Waals surface area contributed by atoms with Crippen LogP contribution in [0.3, 0.4) is 0 Å². The summed E-state index contributed by atoms with van der Waals surface area (Å²) in [4.78, 5) is 0. The van der Waals surface area contributed by atoms with Crippen LogP contribution in [-0.4, -0.2) is 11.7 Å². The van der Waals surface area contributed by atoms with E-state index in [0.717, 1.165) is 6.92 Å². The highest BCUT2D eigenvalue weighted by Gasteiger charge is 2.52. The maximum absolute atomic E-state index is 12.6. The first-order chi connectivity index (χ1) is 7.30. The highest BCUT2D eigenvalue weighted by molar-refractivity contribution is 5.54. The lowest BCUT2D eigenvalue weighted by atomic mass is 10.0. The molecular formula is C11H11F3N2. The van der Waals surface area contributed by atoms with Crippen molar-refractivity contribution in [1.29, 1.82) is 5.26 Å². The fourth-order valence-corrected chi connectivity index (χ4v) is 1.14. The summed E-state index contributed by atoms with van der Waals surface area (Å²) in [6.45, 7) is 2.50. The van der Waals surface area contributed by atoms with Gasteiger partial charge in [0.05, 0.1) is 0 Å². The monoisotopic (exact) mass is 228 g/mol. The Kier molecular flexibility index (Phi) is 3.13. The standard InChI is InChI=1S/C11H11F3N2/c1-8-5-3-4-6-9(8)16-10(2,7-15)11(12,13)14/h3-6,16H,1-2H3. The van der Waals surface area contributed by atoms with Gasteiger partial charge in [0.25, 0.3) is 0 Å². The number of rotatable bonds is 2. The lowest BCUT2D eigenvalue weighted by Crippen LogP contribution is -2.48. The Morgan fingerprint density at radius 2 is 1.81 bits per heavy atom. The van der Waals surface area contributed by atoms with Gasteiger partial charge in [0.1, 0.15) is 6.07 Å². The molecule has 1 aromatic carbocycles. The van der Waals surface area contributed by atoms with Crippen LogP contribution in [-0.2, 0) is 0 Å². The average molecular weight is 228 g/mol. The Morgan fingerprint density at radius 3 is 2.25 bits per heavy atom. The summed E-state index contributed by atoms with van der Waals surface area (Å²) in [7, 11) is 0. The summed E-state index contributed by atoms with van der Waals surface area (Å²) in [6.07, 6.45) is -4.62. The fourth-order valence-electron chi connectivity index (χ4n) is 1.14. The second-order valence-corrected chi connectivity index (χ2v) is 3.67. The van der Waals surface area contributed by atoms with Crippen molar-refractivity contribution in [3.05, 3.63) is 29.8 Å². The molecule has 0 radical (unpaired) electrons. The van der Waals surface area contributed by atoms with Gasteiger partial charge in [0.2, 0.25) is 5.54 Å². The predicted octanol–water partition coefficient (Wildman–Crippen LogP) is 3.25. The average Bonchev–Trinajstić information content (AvgIpc) is 2.19. The van der Waals surface area contributed by atoms with Gasteiger partial charge in [-0.1, -0.05) is 18.2 Å². The smallest absolute Gasteiger partial charge is 0.360 e. The number of hydrogen-bond donors (Lipinski definition) is 1. The molecule has 0 amide bonds. The van der Waals surface area contributed by atoms with Gasteiger partial charge in [-0.25, -0.2) is 0 Å². The van der Waals surface area contributed by atoms with Crippen molar-refractivity contribution >= 4 is 5.69 Å². The molecule has 0 aliphatic carbocycles. The van der Waals surface area contributed by atoms with E-state index in [1.807, 2.05) is 0 Å². The Morgan fingerprint density at radius 1 is 1.25 bits per heavy atom. The van der Waals surface area contributed by atoms with Crippen molar-refractivity contribution < 1.29 is 13.2 Å². The minimum absolute atomic E-state index is 0.309. The van der Waals surface area contributed by atoms with Crippen LogP contribution in [0.15, 0.2) is 24.3 Å². The van der Waals surface area contributed by atoms with E-state index in [1.54, 1.807) is 25.1 Å². The highest BCUT2D eigenvalue weighted by atomic mass is 19.4. The third-order valence-corrected chi connectivity index (χ3v) is 2.32. The third-order valence-electron chi connectivity index (χ3n) is 2.32. The quantitative estimate of drug-likeness (QED) is 0.843. The molecule has 1 aromatic rings.